The van der Waals surface area contributed by atoms with Crippen LogP contribution in [0.15, 0.2) is 42.6 Å². The zero-order valence-corrected chi connectivity index (χ0v) is 25.0. The van der Waals surface area contributed by atoms with E-state index in [0.29, 0.717) is 23.1 Å². The Morgan fingerprint density at radius 2 is 1.49 bits per heavy atom. The molecular formula is C32H48ClN2O4+. The van der Waals surface area contributed by atoms with Gasteiger partial charge in [0.15, 0.2) is 12.8 Å². The van der Waals surface area contributed by atoms with Gasteiger partial charge in [-0.3, -0.25) is 14.5 Å². The molecule has 0 atom stereocenters. The molecule has 0 unspecified atom stereocenters. The summed E-state index contributed by atoms with van der Waals surface area (Å²) in [6, 6.07) is 10.9. The molecule has 1 heterocycles. The largest absolute Gasteiger partial charge is 0.492 e. The van der Waals surface area contributed by atoms with Gasteiger partial charge in [0, 0.05) is 25.1 Å². The number of carbonyl (C=O) groups excluding carboxylic acids is 2. The second-order valence-electron chi connectivity index (χ2n) is 10.1. The van der Waals surface area contributed by atoms with Gasteiger partial charge in [-0.2, -0.15) is 0 Å². The fraction of sp³-hybridized carbons (Fsp3) is 0.594. The lowest BCUT2D eigenvalue weighted by Crippen LogP contribution is -2.44. The Balaban J connectivity index is 1.66. The second-order valence-corrected chi connectivity index (χ2v) is 10.5. The summed E-state index contributed by atoms with van der Waals surface area (Å²) >= 11 is 6.39. The van der Waals surface area contributed by atoms with Crippen LogP contribution in [0.25, 0.3) is 0 Å². The van der Waals surface area contributed by atoms with E-state index in [4.69, 9.17) is 21.1 Å². The van der Waals surface area contributed by atoms with Crippen molar-refractivity contribution in [2.75, 3.05) is 13.2 Å². The molecule has 39 heavy (non-hydrogen) atoms. The maximum Gasteiger partial charge on any atom is 0.267 e. The van der Waals surface area contributed by atoms with Gasteiger partial charge in [-0.15, -0.1) is 0 Å². The first-order valence-electron chi connectivity index (χ1n) is 14.8. The number of carbonyl (C=O) groups is 2. The van der Waals surface area contributed by atoms with Gasteiger partial charge >= 0.3 is 0 Å². The van der Waals surface area contributed by atoms with Gasteiger partial charge in [-0.05, 0) is 25.5 Å². The molecule has 2 rings (SSSR count). The zero-order chi connectivity index (χ0) is 28.3. The van der Waals surface area contributed by atoms with Crippen molar-refractivity contribution in [3.8, 4) is 11.5 Å². The molecule has 0 aliphatic heterocycles. The third-order valence-electron chi connectivity index (χ3n) is 6.90. The Bertz CT molecular complexity index is 998. The summed E-state index contributed by atoms with van der Waals surface area (Å²) in [5, 5.41) is 0.440. The fourth-order valence-corrected chi connectivity index (χ4v) is 4.76. The smallest absolute Gasteiger partial charge is 0.267 e. The van der Waals surface area contributed by atoms with Crippen LogP contribution in [0.3, 0.4) is 0 Å². The first-order chi connectivity index (χ1) is 19.0. The third-order valence-corrected chi connectivity index (χ3v) is 7.19. The van der Waals surface area contributed by atoms with Crippen LogP contribution in [-0.4, -0.2) is 29.9 Å². The van der Waals surface area contributed by atoms with Crippen molar-refractivity contribution in [2.45, 2.75) is 111 Å². The quantitative estimate of drug-likeness (QED) is 0.123. The number of nitrogens with zero attached hydrogens (tertiary/aromatic N) is 2. The summed E-state index contributed by atoms with van der Waals surface area (Å²) in [5.74, 6) is 0.335. The number of hydrogen-bond acceptors (Lipinski definition) is 4. The van der Waals surface area contributed by atoms with Crippen molar-refractivity contribution >= 4 is 23.4 Å². The van der Waals surface area contributed by atoms with Crippen LogP contribution >= 0.6 is 11.6 Å². The molecule has 0 saturated heterocycles. The number of aromatic nitrogens is 1. The van der Waals surface area contributed by atoms with Gasteiger partial charge in [0.25, 0.3) is 5.91 Å². The van der Waals surface area contributed by atoms with Crippen molar-refractivity contribution in [2.24, 2.45) is 0 Å². The molecule has 0 aliphatic rings. The van der Waals surface area contributed by atoms with E-state index in [1.807, 2.05) is 35.9 Å². The van der Waals surface area contributed by atoms with Gasteiger partial charge in [0.05, 0.1) is 11.6 Å². The Kier molecular flexibility index (Phi) is 16.3. The fourth-order valence-electron chi connectivity index (χ4n) is 4.54. The lowest BCUT2D eigenvalue weighted by atomic mass is 10.1. The monoisotopic (exact) mass is 559 g/mol. The lowest BCUT2D eigenvalue weighted by Gasteiger charge is -2.18. The summed E-state index contributed by atoms with van der Waals surface area (Å²) in [4.78, 5) is 26.1. The molecule has 0 aliphatic carbocycles. The van der Waals surface area contributed by atoms with E-state index in [0.717, 1.165) is 25.1 Å². The molecule has 2 amide bonds. The highest BCUT2D eigenvalue weighted by molar-refractivity contribution is 6.32. The minimum atomic E-state index is -0.405. The van der Waals surface area contributed by atoms with Gasteiger partial charge in [0.1, 0.15) is 24.6 Å². The Labute approximate surface area is 240 Å². The van der Waals surface area contributed by atoms with Gasteiger partial charge in [0.2, 0.25) is 11.6 Å². The molecule has 0 saturated carbocycles. The van der Waals surface area contributed by atoms with Crippen molar-refractivity contribution in [3.63, 3.8) is 0 Å². The number of amides is 2. The van der Waals surface area contributed by atoms with E-state index in [-0.39, 0.29) is 19.1 Å². The van der Waals surface area contributed by atoms with E-state index in [1.165, 1.54) is 76.0 Å². The highest BCUT2D eigenvalue weighted by Crippen LogP contribution is 2.29. The predicted molar refractivity (Wildman–Crippen MR) is 157 cm³/mol. The van der Waals surface area contributed by atoms with Gasteiger partial charge < -0.3 is 9.47 Å². The Morgan fingerprint density at radius 3 is 2.08 bits per heavy atom. The summed E-state index contributed by atoms with van der Waals surface area (Å²) in [5.41, 5.74) is 0.876. The number of hydrogen-bond donors (Lipinski definition) is 0. The molecule has 6 nitrogen and oxygen atoms in total. The SMILES string of the molecule is CCCCCCCCCCCCCCOc1ccc(OCC(=O)N(Cc2cccc[n+]2CC)C(C)=O)cc1Cl. The van der Waals surface area contributed by atoms with E-state index in [2.05, 4.69) is 6.92 Å². The first-order valence-corrected chi connectivity index (χ1v) is 15.2. The number of imide groups is 1. The van der Waals surface area contributed by atoms with Gasteiger partial charge in [-0.25, -0.2) is 4.57 Å². The molecule has 0 N–H and O–H groups in total. The van der Waals surface area contributed by atoms with Crippen LogP contribution in [0.2, 0.25) is 5.02 Å². The van der Waals surface area contributed by atoms with Crippen LogP contribution in [0.5, 0.6) is 11.5 Å². The standard InChI is InChI=1S/C32H48ClN2O4/c1-4-6-7-8-9-10-11-12-13-14-15-18-23-38-31-21-20-29(24-30(31)33)39-26-32(37)35(27(3)36)25-28-19-16-17-22-34(28)5-2/h16-17,19-22,24H,4-15,18,23,25-26H2,1-3H3/q+1. The predicted octanol–water partition coefficient (Wildman–Crippen LogP) is 7.68. The first kappa shape index (κ1) is 32.6. The normalized spacial score (nSPS) is 10.9. The maximum atomic E-state index is 12.8. The molecule has 0 bridgehead atoms. The van der Waals surface area contributed by atoms with Crippen molar-refractivity contribution in [1.29, 1.82) is 0 Å². The molecule has 216 valence electrons. The minimum Gasteiger partial charge on any atom is -0.492 e. The van der Waals surface area contributed by atoms with Crippen molar-refractivity contribution in [3.05, 3.63) is 53.3 Å². The molecule has 1 aromatic heterocycles. The van der Waals surface area contributed by atoms with E-state index in [1.54, 1.807) is 18.2 Å². The molecule has 0 fully saturated rings. The molecular weight excluding hydrogens is 512 g/mol. The maximum absolute atomic E-state index is 12.8. The van der Waals surface area contributed by atoms with E-state index in [9.17, 15) is 9.59 Å². The molecule has 0 radical (unpaired) electrons. The number of benzene rings is 1. The Hall–Kier alpha value is -2.60. The van der Waals surface area contributed by atoms with E-state index < -0.39 is 5.91 Å². The van der Waals surface area contributed by atoms with Gasteiger partial charge in [-0.1, -0.05) is 95.2 Å². The molecule has 2 aromatic rings. The van der Waals surface area contributed by atoms with Crippen LogP contribution in [0, 0.1) is 0 Å². The van der Waals surface area contributed by atoms with Crippen molar-refractivity contribution in [1.82, 2.24) is 4.90 Å². The number of aryl methyl sites for hydroxylation is 1. The summed E-state index contributed by atoms with van der Waals surface area (Å²) in [7, 11) is 0. The van der Waals surface area contributed by atoms with Crippen LogP contribution in [0.1, 0.15) is 104 Å². The van der Waals surface area contributed by atoms with Crippen molar-refractivity contribution < 1.29 is 23.6 Å². The summed E-state index contributed by atoms with van der Waals surface area (Å²) in [6.45, 7) is 6.98. The van der Waals surface area contributed by atoms with E-state index >= 15 is 0 Å². The molecule has 7 heteroatoms. The highest BCUT2D eigenvalue weighted by Gasteiger charge is 2.23. The highest BCUT2D eigenvalue weighted by atomic mass is 35.5. The molecule has 0 spiro atoms. The summed E-state index contributed by atoms with van der Waals surface area (Å²) in [6.07, 6.45) is 17.6. The average Bonchev–Trinajstić information content (AvgIpc) is 2.93. The third kappa shape index (κ3) is 12.9. The van der Waals surface area contributed by atoms with Crippen LogP contribution in [-0.2, 0) is 22.7 Å². The number of unbranched alkanes of at least 4 members (excludes halogenated alkanes) is 11. The van der Waals surface area contributed by atoms with Crippen LogP contribution < -0.4 is 14.0 Å². The number of halogens is 1. The number of rotatable bonds is 20. The average molecular weight is 560 g/mol. The lowest BCUT2D eigenvalue weighted by molar-refractivity contribution is -0.701. The number of pyridine rings is 1. The Morgan fingerprint density at radius 1 is 0.846 bits per heavy atom. The van der Waals surface area contributed by atoms with Crippen LogP contribution in [0.4, 0.5) is 0 Å². The summed E-state index contributed by atoms with van der Waals surface area (Å²) < 4.78 is 13.5. The topological polar surface area (TPSA) is 59.7 Å². The number of ether oxygens (including phenoxy) is 2. The molecule has 1 aromatic carbocycles. The second kappa shape index (κ2) is 19.5. The minimum absolute atomic E-state index is 0.193. The zero-order valence-electron chi connectivity index (χ0n) is 24.3.